The summed E-state index contributed by atoms with van der Waals surface area (Å²) in [6.45, 7) is 3.99. The molecule has 4 nitrogen and oxygen atoms in total. The molecule has 136 valence electrons. The van der Waals surface area contributed by atoms with E-state index in [2.05, 4.69) is 12.2 Å². The maximum Gasteiger partial charge on any atom is 0.237 e. The quantitative estimate of drug-likeness (QED) is 0.810. The number of carbonyl (C=O) groups is 2. The predicted molar refractivity (Wildman–Crippen MR) is 109 cm³/mol. The maximum absolute atomic E-state index is 13.0. The third kappa shape index (κ3) is 4.22. The molecular weight excluding hydrogens is 368 g/mol. The fourth-order valence-electron chi connectivity index (χ4n) is 3.06. The molecule has 0 fully saturated rings. The van der Waals surface area contributed by atoms with E-state index < -0.39 is 0 Å². The van der Waals surface area contributed by atoms with Crippen LogP contribution in [0.2, 0.25) is 5.02 Å². The molecule has 0 bridgehead atoms. The summed E-state index contributed by atoms with van der Waals surface area (Å²) in [5.74, 6) is 0.283. The highest BCUT2D eigenvalue weighted by Crippen LogP contribution is 2.34. The van der Waals surface area contributed by atoms with Gasteiger partial charge in [-0.15, -0.1) is 11.8 Å². The van der Waals surface area contributed by atoms with Crippen LogP contribution in [0.3, 0.4) is 0 Å². The molecule has 0 aliphatic carbocycles. The van der Waals surface area contributed by atoms with E-state index in [4.69, 9.17) is 11.6 Å². The summed E-state index contributed by atoms with van der Waals surface area (Å²) in [7, 11) is 0. The first-order chi connectivity index (χ1) is 12.5. The van der Waals surface area contributed by atoms with Gasteiger partial charge in [-0.3, -0.25) is 9.59 Å². The first kappa shape index (κ1) is 18.8. The average molecular weight is 389 g/mol. The van der Waals surface area contributed by atoms with E-state index >= 15 is 0 Å². The van der Waals surface area contributed by atoms with Crippen molar-refractivity contribution in [2.24, 2.45) is 0 Å². The summed E-state index contributed by atoms with van der Waals surface area (Å²) >= 11 is 7.52. The number of rotatable bonds is 4. The van der Waals surface area contributed by atoms with Gasteiger partial charge in [0, 0.05) is 22.7 Å². The van der Waals surface area contributed by atoms with Crippen LogP contribution in [0.1, 0.15) is 31.1 Å². The standard InChI is InChI=1S/C20H21ClN2O2S/c1-13-11-19(24)22-17-5-3-4-6-18(17)23(13)20(25)12-26-14(2)15-7-9-16(21)10-8-15/h3-10,13-14H,11-12H2,1-2H3,(H,22,24). The highest BCUT2D eigenvalue weighted by atomic mass is 35.5. The Hall–Kier alpha value is -1.98. The van der Waals surface area contributed by atoms with Gasteiger partial charge in [0.25, 0.3) is 0 Å². The largest absolute Gasteiger partial charge is 0.324 e. The number of thioether (sulfide) groups is 1. The van der Waals surface area contributed by atoms with Gasteiger partial charge >= 0.3 is 0 Å². The van der Waals surface area contributed by atoms with E-state index in [0.717, 1.165) is 11.3 Å². The number of para-hydroxylation sites is 2. The molecule has 2 atom stereocenters. The molecule has 2 unspecified atom stereocenters. The van der Waals surface area contributed by atoms with Crippen molar-refractivity contribution in [2.45, 2.75) is 31.6 Å². The molecule has 1 heterocycles. The van der Waals surface area contributed by atoms with Crippen molar-refractivity contribution in [3.8, 4) is 0 Å². The third-order valence-corrected chi connectivity index (χ3v) is 5.86. The first-order valence-corrected chi connectivity index (χ1v) is 9.96. The van der Waals surface area contributed by atoms with Gasteiger partial charge in [0.2, 0.25) is 11.8 Å². The monoisotopic (exact) mass is 388 g/mol. The number of halogens is 1. The van der Waals surface area contributed by atoms with Crippen LogP contribution in [-0.2, 0) is 9.59 Å². The van der Waals surface area contributed by atoms with Gasteiger partial charge in [0.15, 0.2) is 0 Å². The summed E-state index contributed by atoms with van der Waals surface area (Å²) in [5, 5.41) is 3.76. The number of hydrogen-bond acceptors (Lipinski definition) is 3. The average Bonchev–Trinajstić information content (AvgIpc) is 2.74. The van der Waals surface area contributed by atoms with Crippen LogP contribution in [0, 0.1) is 0 Å². The molecular formula is C20H21ClN2O2S. The minimum Gasteiger partial charge on any atom is -0.324 e. The van der Waals surface area contributed by atoms with Gasteiger partial charge in [-0.1, -0.05) is 35.9 Å². The van der Waals surface area contributed by atoms with Crippen molar-refractivity contribution < 1.29 is 9.59 Å². The molecule has 2 amide bonds. The minimum atomic E-state index is -0.183. The molecule has 0 radical (unpaired) electrons. The van der Waals surface area contributed by atoms with Gasteiger partial charge < -0.3 is 10.2 Å². The lowest BCUT2D eigenvalue weighted by Crippen LogP contribution is -2.40. The summed E-state index contributed by atoms with van der Waals surface area (Å²) in [4.78, 5) is 26.7. The molecule has 0 saturated carbocycles. The Bertz CT molecular complexity index is 810. The van der Waals surface area contributed by atoms with Crippen LogP contribution in [-0.4, -0.2) is 23.6 Å². The maximum atomic E-state index is 13.0. The number of carbonyl (C=O) groups excluding carboxylic acids is 2. The van der Waals surface area contributed by atoms with Gasteiger partial charge in [0.05, 0.1) is 17.1 Å². The number of hydrogen-bond donors (Lipinski definition) is 1. The molecule has 6 heteroatoms. The number of anilines is 2. The Labute approximate surface area is 162 Å². The normalized spacial score (nSPS) is 17.9. The molecule has 0 aromatic heterocycles. The summed E-state index contributed by atoms with van der Waals surface area (Å²) in [5.41, 5.74) is 2.58. The zero-order valence-corrected chi connectivity index (χ0v) is 16.3. The lowest BCUT2D eigenvalue weighted by atomic mass is 10.2. The molecule has 0 saturated heterocycles. The van der Waals surface area contributed by atoms with E-state index in [0.29, 0.717) is 16.5 Å². The fourth-order valence-corrected chi connectivity index (χ4v) is 4.07. The summed E-state index contributed by atoms with van der Waals surface area (Å²) in [6.07, 6.45) is 0.290. The van der Waals surface area contributed by atoms with Crippen molar-refractivity contribution in [3.05, 3.63) is 59.1 Å². The van der Waals surface area contributed by atoms with Crippen LogP contribution in [0.25, 0.3) is 0 Å². The zero-order chi connectivity index (χ0) is 18.7. The smallest absolute Gasteiger partial charge is 0.237 e. The Morgan fingerprint density at radius 1 is 1.27 bits per heavy atom. The number of benzene rings is 2. The molecule has 1 aliphatic heterocycles. The topological polar surface area (TPSA) is 49.4 Å². The molecule has 1 N–H and O–H groups in total. The van der Waals surface area contributed by atoms with Crippen molar-refractivity contribution in [1.29, 1.82) is 0 Å². The van der Waals surface area contributed by atoms with E-state index in [1.807, 2.05) is 55.5 Å². The lowest BCUT2D eigenvalue weighted by Gasteiger charge is -2.28. The molecule has 2 aromatic rings. The van der Waals surface area contributed by atoms with E-state index in [1.165, 1.54) is 0 Å². The predicted octanol–water partition coefficient (Wildman–Crippen LogP) is 4.90. The first-order valence-electron chi connectivity index (χ1n) is 8.53. The van der Waals surface area contributed by atoms with E-state index in [9.17, 15) is 9.59 Å². The van der Waals surface area contributed by atoms with Crippen LogP contribution in [0.4, 0.5) is 11.4 Å². The molecule has 26 heavy (non-hydrogen) atoms. The lowest BCUT2D eigenvalue weighted by molar-refractivity contribution is -0.117. The summed E-state index contributed by atoms with van der Waals surface area (Å²) in [6, 6.07) is 14.9. The van der Waals surface area contributed by atoms with Crippen LogP contribution in [0.5, 0.6) is 0 Å². The Balaban J connectivity index is 1.74. The van der Waals surface area contributed by atoms with Gasteiger partial charge in [-0.2, -0.15) is 0 Å². The number of nitrogens with one attached hydrogen (secondary N) is 1. The zero-order valence-electron chi connectivity index (χ0n) is 14.7. The number of nitrogens with zero attached hydrogens (tertiary/aromatic N) is 1. The Kier molecular flexibility index (Phi) is 5.89. The van der Waals surface area contributed by atoms with E-state index in [1.54, 1.807) is 16.7 Å². The Morgan fingerprint density at radius 2 is 1.96 bits per heavy atom. The fraction of sp³-hybridized carbons (Fsp3) is 0.300. The molecule has 1 aliphatic rings. The second-order valence-electron chi connectivity index (χ2n) is 6.39. The van der Waals surface area contributed by atoms with Crippen LogP contribution < -0.4 is 10.2 Å². The van der Waals surface area contributed by atoms with Crippen molar-refractivity contribution in [1.82, 2.24) is 0 Å². The van der Waals surface area contributed by atoms with Crippen molar-refractivity contribution in [2.75, 3.05) is 16.0 Å². The highest BCUT2D eigenvalue weighted by Gasteiger charge is 2.29. The minimum absolute atomic E-state index is 0.00673. The molecule has 3 rings (SSSR count). The van der Waals surface area contributed by atoms with Crippen LogP contribution >= 0.6 is 23.4 Å². The van der Waals surface area contributed by atoms with Crippen molar-refractivity contribution in [3.63, 3.8) is 0 Å². The van der Waals surface area contributed by atoms with Crippen LogP contribution in [0.15, 0.2) is 48.5 Å². The number of fused-ring (bicyclic) bond motifs is 1. The van der Waals surface area contributed by atoms with Gasteiger partial charge in [-0.25, -0.2) is 0 Å². The second kappa shape index (κ2) is 8.14. The molecule has 0 spiro atoms. The van der Waals surface area contributed by atoms with Gasteiger partial charge in [-0.05, 0) is 43.7 Å². The van der Waals surface area contributed by atoms with Gasteiger partial charge in [0.1, 0.15) is 0 Å². The SMILES string of the molecule is CC(SCC(=O)N1c2ccccc2NC(=O)CC1C)c1ccc(Cl)cc1. The van der Waals surface area contributed by atoms with Crippen molar-refractivity contribution >= 4 is 46.6 Å². The highest BCUT2D eigenvalue weighted by molar-refractivity contribution is 8.00. The van der Waals surface area contributed by atoms with E-state index in [-0.39, 0.29) is 29.5 Å². The molecule has 2 aromatic carbocycles. The summed E-state index contributed by atoms with van der Waals surface area (Å²) < 4.78 is 0. The second-order valence-corrected chi connectivity index (χ2v) is 8.15. The Morgan fingerprint density at radius 3 is 2.69 bits per heavy atom. The third-order valence-electron chi connectivity index (χ3n) is 4.42. The number of amides is 2.